The lowest BCUT2D eigenvalue weighted by atomic mass is 9.85. The van der Waals surface area contributed by atoms with E-state index in [0.717, 1.165) is 28.1 Å². The second-order valence-electron chi connectivity index (χ2n) is 8.63. The molecule has 6 heteroatoms. The van der Waals surface area contributed by atoms with Gasteiger partial charge in [0.1, 0.15) is 5.82 Å². The SMILES string of the molecule is Cc1ccc(CN2CC(C(=O)Nc3ccc4nc(C5CCC5)[nH]c4c3)CC2=O)cc1. The Kier molecular flexibility index (Phi) is 4.77. The molecule has 1 aromatic heterocycles. The highest BCUT2D eigenvalue weighted by atomic mass is 16.2. The normalized spacial score (nSPS) is 19.3. The molecular formula is C24H26N4O2. The molecule has 1 saturated heterocycles. The van der Waals surface area contributed by atoms with Crippen molar-refractivity contribution in [3.8, 4) is 0 Å². The van der Waals surface area contributed by atoms with Crippen molar-refractivity contribution < 1.29 is 9.59 Å². The summed E-state index contributed by atoms with van der Waals surface area (Å²) in [6.07, 6.45) is 3.91. The molecule has 1 aliphatic carbocycles. The third-order valence-corrected chi connectivity index (χ3v) is 6.34. The first-order valence-electron chi connectivity index (χ1n) is 10.7. The number of aryl methyl sites for hydroxylation is 1. The van der Waals surface area contributed by atoms with Crippen molar-refractivity contribution in [3.05, 3.63) is 59.4 Å². The molecule has 1 saturated carbocycles. The highest BCUT2D eigenvalue weighted by Crippen LogP contribution is 2.35. The van der Waals surface area contributed by atoms with E-state index < -0.39 is 0 Å². The Morgan fingerprint density at radius 1 is 1.20 bits per heavy atom. The molecule has 1 unspecified atom stereocenters. The van der Waals surface area contributed by atoms with Crippen molar-refractivity contribution in [2.24, 2.45) is 5.92 Å². The van der Waals surface area contributed by atoms with Crippen LogP contribution < -0.4 is 5.32 Å². The lowest BCUT2D eigenvalue weighted by molar-refractivity contribution is -0.128. The number of aromatic nitrogens is 2. The Hall–Kier alpha value is -3.15. The lowest BCUT2D eigenvalue weighted by Gasteiger charge is -2.22. The molecule has 3 aromatic rings. The molecular weight excluding hydrogens is 376 g/mol. The predicted molar refractivity (Wildman–Crippen MR) is 116 cm³/mol. The minimum Gasteiger partial charge on any atom is -0.342 e. The molecule has 5 rings (SSSR count). The van der Waals surface area contributed by atoms with Crippen molar-refractivity contribution in [1.82, 2.24) is 14.9 Å². The number of amides is 2. The zero-order valence-electron chi connectivity index (χ0n) is 17.1. The van der Waals surface area contributed by atoms with E-state index >= 15 is 0 Å². The van der Waals surface area contributed by atoms with Crippen LogP contribution in [-0.4, -0.2) is 33.2 Å². The maximum Gasteiger partial charge on any atom is 0.229 e. The quantitative estimate of drug-likeness (QED) is 0.674. The third-order valence-electron chi connectivity index (χ3n) is 6.34. The van der Waals surface area contributed by atoms with Crippen molar-refractivity contribution in [2.45, 2.75) is 45.1 Å². The van der Waals surface area contributed by atoms with Crippen LogP contribution in [0.4, 0.5) is 5.69 Å². The first-order valence-corrected chi connectivity index (χ1v) is 10.7. The van der Waals surface area contributed by atoms with Crippen molar-refractivity contribution >= 4 is 28.5 Å². The molecule has 2 aliphatic rings. The highest BCUT2D eigenvalue weighted by molar-refractivity contribution is 5.98. The molecule has 6 nitrogen and oxygen atoms in total. The van der Waals surface area contributed by atoms with Crippen LogP contribution in [0.1, 0.15) is 48.6 Å². The van der Waals surface area contributed by atoms with Crippen LogP contribution in [0.15, 0.2) is 42.5 Å². The number of likely N-dealkylation sites (tertiary alicyclic amines) is 1. The van der Waals surface area contributed by atoms with Gasteiger partial charge in [-0.2, -0.15) is 0 Å². The second-order valence-corrected chi connectivity index (χ2v) is 8.63. The molecule has 0 radical (unpaired) electrons. The Balaban J connectivity index is 1.23. The molecule has 2 heterocycles. The van der Waals surface area contributed by atoms with Gasteiger partial charge in [0.2, 0.25) is 11.8 Å². The van der Waals surface area contributed by atoms with E-state index in [1.54, 1.807) is 4.90 Å². The zero-order valence-corrected chi connectivity index (χ0v) is 17.1. The molecule has 2 amide bonds. The topological polar surface area (TPSA) is 78.1 Å². The van der Waals surface area contributed by atoms with Gasteiger partial charge < -0.3 is 15.2 Å². The largest absolute Gasteiger partial charge is 0.342 e. The number of H-pyrrole nitrogens is 1. The van der Waals surface area contributed by atoms with Crippen molar-refractivity contribution in [3.63, 3.8) is 0 Å². The maximum atomic E-state index is 12.8. The number of nitrogens with one attached hydrogen (secondary N) is 2. The summed E-state index contributed by atoms with van der Waals surface area (Å²) in [6.45, 7) is 3.05. The standard InChI is InChI=1S/C24H26N4O2/c1-15-5-7-16(8-6-15)13-28-14-18(11-22(28)29)24(30)25-19-9-10-20-21(12-19)27-23(26-20)17-3-2-4-17/h5-10,12,17-18H,2-4,11,13-14H2,1H3,(H,25,30)(H,26,27). The van der Waals surface area contributed by atoms with Gasteiger partial charge in [-0.1, -0.05) is 36.2 Å². The Morgan fingerprint density at radius 3 is 2.73 bits per heavy atom. The average Bonchev–Trinajstić information content (AvgIpc) is 3.25. The minimum atomic E-state index is -0.328. The molecule has 2 fully saturated rings. The Morgan fingerprint density at radius 2 is 2.00 bits per heavy atom. The zero-order chi connectivity index (χ0) is 20.7. The summed E-state index contributed by atoms with van der Waals surface area (Å²) >= 11 is 0. The van der Waals surface area contributed by atoms with Crippen molar-refractivity contribution in [1.29, 1.82) is 0 Å². The number of hydrogen-bond acceptors (Lipinski definition) is 3. The molecule has 2 N–H and O–H groups in total. The monoisotopic (exact) mass is 402 g/mol. The van der Waals surface area contributed by atoms with Crippen LogP contribution in [-0.2, 0) is 16.1 Å². The molecule has 30 heavy (non-hydrogen) atoms. The van der Waals surface area contributed by atoms with Gasteiger partial charge in [0.05, 0.1) is 17.0 Å². The van der Waals surface area contributed by atoms with Gasteiger partial charge >= 0.3 is 0 Å². The van der Waals surface area contributed by atoms with E-state index in [1.807, 2.05) is 49.4 Å². The van der Waals surface area contributed by atoms with Crippen LogP contribution in [0.25, 0.3) is 11.0 Å². The number of aromatic amines is 1. The number of imidazole rings is 1. The van der Waals surface area contributed by atoms with Crippen LogP contribution in [0.2, 0.25) is 0 Å². The van der Waals surface area contributed by atoms with Crippen molar-refractivity contribution in [2.75, 3.05) is 11.9 Å². The van der Waals surface area contributed by atoms with E-state index in [2.05, 4.69) is 15.3 Å². The fourth-order valence-corrected chi connectivity index (χ4v) is 4.24. The lowest BCUT2D eigenvalue weighted by Crippen LogP contribution is -2.28. The number of rotatable bonds is 5. The molecule has 154 valence electrons. The van der Waals surface area contributed by atoms with E-state index in [0.29, 0.717) is 19.0 Å². The second kappa shape index (κ2) is 7.59. The first kappa shape index (κ1) is 18.9. The summed E-state index contributed by atoms with van der Waals surface area (Å²) in [5.41, 5.74) is 4.88. The summed E-state index contributed by atoms with van der Waals surface area (Å²) in [5, 5.41) is 2.99. The summed E-state index contributed by atoms with van der Waals surface area (Å²) in [7, 11) is 0. The molecule has 0 spiro atoms. The predicted octanol–water partition coefficient (Wildman–Crippen LogP) is 4.13. The van der Waals surface area contributed by atoms with Gasteiger partial charge in [0.25, 0.3) is 0 Å². The van der Waals surface area contributed by atoms with Gasteiger partial charge in [-0.15, -0.1) is 0 Å². The van der Waals surface area contributed by atoms with Gasteiger partial charge in [0.15, 0.2) is 0 Å². The summed E-state index contributed by atoms with van der Waals surface area (Å²) in [4.78, 5) is 35.1. The van der Waals surface area contributed by atoms with Gasteiger partial charge in [-0.25, -0.2) is 4.98 Å². The molecule has 2 aromatic carbocycles. The van der Waals surface area contributed by atoms with Gasteiger partial charge in [-0.05, 0) is 43.5 Å². The number of fused-ring (bicyclic) bond motifs is 1. The van der Waals surface area contributed by atoms with E-state index in [9.17, 15) is 9.59 Å². The van der Waals surface area contributed by atoms with E-state index in [-0.39, 0.29) is 24.2 Å². The summed E-state index contributed by atoms with van der Waals surface area (Å²) in [5.74, 6) is 1.19. The smallest absolute Gasteiger partial charge is 0.229 e. The minimum absolute atomic E-state index is 0.0323. The van der Waals surface area contributed by atoms with Gasteiger partial charge in [-0.3, -0.25) is 9.59 Å². The molecule has 1 aliphatic heterocycles. The Bertz CT molecular complexity index is 1100. The number of hydrogen-bond donors (Lipinski definition) is 2. The highest BCUT2D eigenvalue weighted by Gasteiger charge is 2.34. The van der Waals surface area contributed by atoms with E-state index in [1.165, 1.54) is 24.8 Å². The number of carbonyl (C=O) groups excluding carboxylic acids is 2. The number of benzene rings is 2. The van der Waals surface area contributed by atoms with Crippen LogP contribution in [0, 0.1) is 12.8 Å². The first-order chi connectivity index (χ1) is 14.5. The van der Waals surface area contributed by atoms with E-state index in [4.69, 9.17) is 0 Å². The van der Waals surface area contributed by atoms with Crippen LogP contribution in [0.5, 0.6) is 0 Å². The average molecular weight is 402 g/mol. The van der Waals surface area contributed by atoms with Crippen LogP contribution >= 0.6 is 0 Å². The molecule has 0 bridgehead atoms. The number of anilines is 1. The van der Waals surface area contributed by atoms with Crippen LogP contribution in [0.3, 0.4) is 0 Å². The van der Waals surface area contributed by atoms with Gasteiger partial charge in [0, 0.05) is 31.1 Å². The third kappa shape index (κ3) is 3.70. The fraction of sp³-hybridized carbons (Fsp3) is 0.375. The molecule has 1 atom stereocenters. The fourth-order valence-electron chi connectivity index (χ4n) is 4.24. The Labute approximate surface area is 175 Å². The number of carbonyl (C=O) groups is 2. The number of nitrogens with zero attached hydrogens (tertiary/aromatic N) is 2. The summed E-state index contributed by atoms with van der Waals surface area (Å²) in [6, 6.07) is 13.9. The summed E-state index contributed by atoms with van der Waals surface area (Å²) < 4.78 is 0. The maximum absolute atomic E-state index is 12.8.